The van der Waals surface area contributed by atoms with Gasteiger partial charge in [-0.15, -0.1) is 0 Å². The number of carbonyl (C=O) groups excluding carboxylic acids is 1. The summed E-state index contributed by atoms with van der Waals surface area (Å²) in [5, 5.41) is 1.32. The maximum Gasteiger partial charge on any atom is 0.165 e. The molecular formula is C12H13ClN2O. The zero-order chi connectivity index (χ0) is 11.5. The zero-order valence-electron chi connectivity index (χ0n) is 9.09. The largest absolute Gasteiger partial charge is 0.345 e. The average Bonchev–Trinajstić information content (AvgIpc) is 2.71. The van der Waals surface area contributed by atoms with E-state index >= 15 is 0 Å². The van der Waals surface area contributed by atoms with Gasteiger partial charge in [0.2, 0.25) is 0 Å². The van der Waals surface area contributed by atoms with Gasteiger partial charge >= 0.3 is 0 Å². The minimum atomic E-state index is 0.128. The SMILES string of the molecule is CCCCC(=O)c1c[nH]c2nccc(Cl)c12. The van der Waals surface area contributed by atoms with Gasteiger partial charge in [-0.1, -0.05) is 24.9 Å². The van der Waals surface area contributed by atoms with Crippen LogP contribution in [0.4, 0.5) is 0 Å². The van der Waals surface area contributed by atoms with E-state index in [2.05, 4.69) is 16.9 Å². The van der Waals surface area contributed by atoms with Crippen molar-refractivity contribution in [1.29, 1.82) is 0 Å². The molecule has 2 aromatic heterocycles. The Hall–Kier alpha value is -1.35. The van der Waals surface area contributed by atoms with Crippen LogP contribution in [-0.4, -0.2) is 15.8 Å². The molecule has 0 atom stereocenters. The predicted octanol–water partition coefficient (Wildman–Crippen LogP) is 3.59. The molecule has 0 bridgehead atoms. The molecule has 1 N–H and O–H groups in total. The number of fused-ring (bicyclic) bond motifs is 1. The fraction of sp³-hybridized carbons (Fsp3) is 0.333. The molecule has 16 heavy (non-hydrogen) atoms. The Labute approximate surface area is 98.8 Å². The van der Waals surface area contributed by atoms with E-state index in [-0.39, 0.29) is 5.78 Å². The van der Waals surface area contributed by atoms with Gasteiger partial charge in [0.15, 0.2) is 5.78 Å². The van der Waals surface area contributed by atoms with Crippen molar-refractivity contribution in [3.05, 3.63) is 29.0 Å². The Morgan fingerprint density at radius 3 is 3.12 bits per heavy atom. The number of H-pyrrole nitrogens is 1. The third kappa shape index (κ3) is 1.95. The third-order valence-electron chi connectivity index (χ3n) is 2.58. The monoisotopic (exact) mass is 236 g/mol. The number of Topliss-reactive ketones (excluding diaryl/α,β-unsaturated/α-hetero) is 1. The molecular weight excluding hydrogens is 224 g/mol. The van der Waals surface area contributed by atoms with Crippen molar-refractivity contribution in [1.82, 2.24) is 9.97 Å². The Bertz CT molecular complexity index is 519. The summed E-state index contributed by atoms with van der Waals surface area (Å²) in [5.74, 6) is 0.128. The lowest BCUT2D eigenvalue weighted by Crippen LogP contribution is -1.97. The minimum absolute atomic E-state index is 0.128. The fourth-order valence-electron chi connectivity index (χ4n) is 1.71. The summed E-state index contributed by atoms with van der Waals surface area (Å²) in [6.45, 7) is 2.07. The molecule has 0 aromatic carbocycles. The van der Waals surface area contributed by atoms with Gasteiger partial charge in [-0.05, 0) is 12.5 Å². The van der Waals surface area contributed by atoms with Crippen LogP contribution in [0.25, 0.3) is 11.0 Å². The summed E-state index contributed by atoms with van der Waals surface area (Å²) in [6.07, 6.45) is 5.81. The zero-order valence-corrected chi connectivity index (χ0v) is 9.84. The van der Waals surface area contributed by atoms with Crippen LogP contribution in [0.1, 0.15) is 36.5 Å². The molecule has 84 valence electrons. The Morgan fingerprint density at radius 1 is 1.56 bits per heavy atom. The number of aromatic amines is 1. The van der Waals surface area contributed by atoms with Crippen molar-refractivity contribution in [2.24, 2.45) is 0 Å². The molecule has 0 unspecified atom stereocenters. The standard InChI is InChI=1S/C12H13ClN2O/c1-2-3-4-10(16)8-7-15-12-11(8)9(13)5-6-14-12/h5-7H,2-4H2,1H3,(H,14,15). The molecule has 0 amide bonds. The molecule has 0 radical (unpaired) electrons. The van der Waals surface area contributed by atoms with Gasteiger partial charge < -0.3 is 4.98 Å². The summed E-state index contributed by atoms with van der Waals surface area (Å²) in [6, 6.07) is 1.70. The molecule has 0 saturated carbocycles. The smallest absolute Gasteiger partial charge is 0.165 e. The van der Waals surface area contributed by atoms with E-state index in [0.717, 1.165) is 18.2 Å². The van der Waals surface area contributed by atoms with E-state index in [0.29, 0.717) is 22.7 Å². The Morgan fingerprint density at radius 2 is 2.38 bits per heavy atom. The molecule has 0 aliphatic carbocycles. The number of halogens is 1. The number of aromatic nitrogens is 2. The topological polar surface area (TPSA) is 45.8 Å². The Kier molecular flexibility index (Phi) is 3.25. The number of hydrogen-bond acceptors (Lipinski definition) is 2. The first-order chi connectivity index (χ1) is 7.74. The molecule has 3 nitrogen and oxygen atoms in total. The van der Waals surface area contributed by atoms with E-state index < -0.39 is 0 Å². The van der Waals surface area contributed by atoms with Crippen LogP contribution < -0.4 is 0 Å². The highest BCUT2D eigenvalue weighted by molar-refractivity contribution is 6.36. The highest BCUT2D eigenvalue weighted by Gasteiger charge is 2.14. The van der Waals surface area contributed by atoms with Gasteiger partial charge in [0.25, 0.3) is 0 Å². The van der Waals surface area contributed by atoms with Gasteiger partial charge in [-0.25, -0.2) is 4.98 Å². The van der Waals surface area contributed by atoms with Crippen molar-refractivity contribution in [3.8, 4) is 0 Å². The summed E-state index contributed by atoms with van der Waals surface area (Å²) in [4.78, 5) is 19.0. The van der Waals surface area contributed by atoms with E-state index in [1.165, 1.54) is 0 Å². The first-order valence-corrected chi connectivity index (χ1v) is 5.76. The van der Waals surface area contributed by atoms with E-state index in [4.69, 9.17) is 11.6 Å². The maximum absolute atomic E-state index is 11.9. The van der Waals surface area contributed by atoms with Crippen molar-refractivity contribution in [3.63, 3.8) is 0 Å². The quantitative estimate of drug-likeness (QED) is 0.825. The first kappa shape index (κ1) is 11.1. The molecule has 0 spiro atoms. The molecule has 0 fully saturated rings. The van der Waals surface area contributed by atoms with Crippen molar-refractivity contribution in [2.45, 2.75) is 26.2 Å². The van der Waals surface area contributed by atoms with Crippen molar-refractivity contribution >= 4 is 28.4 Å². The second-order valence-corrected chi connectivity index (χ2v) is 4.15. The van der Waals surface area contributed by atoms with Crippen LogP contribution in [-0.2, 0) is 0 Å². The van der Waals surface area contributed by atoms with Gasteiger partial charge in [0.05, 0.1) is 5.02 Å². The van der Waals surface area contributed by atoms with Crippen LogP contribution in [0.15, 0.2) is 18.5 Å². The normalized spacial score (nSPS) is 10.9. The highest BCUT2D eigenvalue weighted by Crippen LogP contribution is 2.26. The summed E-state index contributed by atoms with van der Waals surface area (Å²) < 4.78 is 0. The number of rotatable bonds is 4. The highest BCUT2D eigenvalue weighted by atomic mass is 35.5. The van der Waals surface area contributed by atoms with Crippen molar-refractivity contribution < 1.29 is 4.79 Å². The number of nitrogens with one attached hydrogen (secondary N) is 1. The molecule has 4 heteroatoms. The number of pyridine rings is 1. The van der Waals surface area contributed by atoms with Gasteiger partial charge in [-0.2, -0.15) is 0 Å². The molecule has 0 saturated heterocycles. The molecule has 0 aliphatic rings. The van der Waals surface area contributed by atoms with Crippen LogP contribution in [0.3, 0.4) is 0 Å². The maximum atomic E-state index is 11.9. The van der Waals surface area contributed by atoms with Gasteiger partial charge in [-0.3, -0.25) is 4.79 Å². The van der Waals surface area contributed by atoms with Crippen LogP contribution in [0.2, 0.25) is 5.02 Å². The number of unbranched alkanes of at least 4 members (excludes halogenated alkanes) is 1. The fourth-order valence-corrected chi connectivity index (χ4v) is 1.96. The summed E-state index contributed by atoms with van der Waals surface area (Å²) >= 11 is 6.07. The van der Waals surface area contributed by atoms with Crippen LogP contribution in [0.5, 0.6) is 0 Å². The number of nitrogens with zero attached hydrogens (tertiary/aromatic N) is 1. The van der Waals surface area contributed by atoms with Crippen LogP contribution >= 0.6 is 11.6 Å². The van der Waals surface area contributed by atoms with E-state index in [1.54, 1.807) is 18.5 Å². The second-order valence-electron chi connectivity index (χ2n) is 3.75. The minimum Gasteiger partial charge on any atom is -0.345 e. The third-order valence-corrected chi connectivity index (χ3v) is 2.90. The van der Waals surface area contributed by atoms with Crippen molar-refractivity contribution in [2.75, 3.05) is 0 Å². The van der Waals surface area contributed by atoms with E-state index in [1.807, 2.05) is 0 Å². The van der Waals surface area contributed by atoms with E-state index in [9.17, 15) is 4.79 Å². The Balaban J connectivity index is 2.41. The number of carbonyl (C=O) groups is 1. The lowest BCUT2D eigenvalue weighted by atomic mass is 10.1. The second kappa shape index (κ2) is 4.66. The molecule has 2 heterocycles. The molecule has 2 aromatic rings. The molecule has 0 aliphatic heterocycles. The summed E-state index contributed by atoms with van der Waals surface area (Å²) in [5.41, 5.74) is 1.33. The lowest BCUT2D eigenvalue weighted by Gasteiger charge is -1.99. The lowest BCUT2D eigenvalue weighted by molar-refractivity contribution is 0.0981. The number of ketones is 1. The van der Waals surface area contributed by atoms with Gasteiger partial charge in [0.1, 0.15) is 5.65 Å². The first-order valence-electron chi connectivity index (χ1n) is 5.38. The van der Waals surface area contributed by atoms with Gasteiger partial charge in [0, 0.05) is 29.8 Å². The summed E-state index contributed by atoms with van der Waals surface area (Å²) in [7, 11) is 0. The average molecular weight is 237 g/mol. The molecule has 2 rings (SSSR count). The predicted molar refractivity (Wildman–Crippen MR) is 65.0 cm³/mol. The number of hydrogen-bond donors (Lipinski definition) is 1. The van der Waals surface area contributed by atoms with Crippen LogP contribution in [0, 0.1) is 0 Å².